The average Bonchev–Trinajstić information content (AvgIpc) is 2.31. The Morgan fingerprint density at radius 2 is 1.17 bits per heavy atom. The van der Waals surface area contributed by atoms with E-state index in [4.69, 9.17) is 4.74 Å². The Hall–Kier alpha value is -1.17. The Kier molecular flexibility index (Phi) is 4.67. The standard InChI is InChI=1S/C12H13F5O/c1-5(2)4-18-6(3)7-8(13)10(15)12(17)11(16)9(7)14/h5-6H,4H2,1-3H3. The van der Waals surface area contributed by atoms with Gasteiger partial charge in [-0.2, -0.15) is 0 Å². The van der Waals surface area contributed by atoms with Crippen LogP contribution in [0.25, 0.3) is 0 Å². The smallest absolute Gasteiger partial charge is 0.200 e. The van der Waals surface area contributed by atoms with Gasteiger partial charge < -0.3 is 4.74 Å². The lowest BCUT2D eigenvalue weighted by Crippen LogP contribution is -2.14. The molecule has 0 aromatic heterocycles. The van der Waals surface area contributed by atoms with Crippen LogP contribution in [0.15, 0.2) is 0 Å². The van der Waals surface area contributed by atoms with Crippen LogP contribution in [0.4, 0.5) is 22.0 Å². The fraction of sp³-hybridized carbons (Fsp3) is 0.500. The van der Waals surface area contributed by atoms with Crippen molar-refractivity contribution in [3.8, 4) is 0 Å². The zero-order valence-corrected chi connectivity index (χ0v) is 10.2. The van der Waals surface area contributed by atoms with Crippen LogP contribution in [0.3, 0.4) is 0 Å². The quantitative estimate of drug-likeness (QED) is 0.453. The molecule has 0 saturated heterocycles. The summed E-state index contributed by atoms with van der Waals surface area (Å²) >= 11 is 0. The molecule has 6 heteroatoms. The van der Waals surface area contributed by atoms with Crippen molar-refractivity contribution in [2.75, 3.05) is 6.61 Å². The van der Waals surface area contributed by atoms with Gasteiger partial charge in [-0.05, 0) is 12.8 Å². The summed E-state index contributed by atoms with van der Waals surface area (Å²) in [5, 5.41) is 0. The zero-order valence-electron chi connectivity index (χ0n) is 10.2. The van der Waals surface area contributed by atoms with Gasteiger partial charge in [-0.15, -0.1) is 0 Å². The Morgan fingerprint density at radius 3 is 1.56 bits per heavy atom. The molecule has 0 aliphatic rings. The fourth-order valence-corrected chi connectivity index (χ4v) is 1.40. The van der Waals surface area contributed by atoms with Gasteiger partial charge in [0.25, 0.3) is 0 Å². The molecule has 1 aromatic rings. The molecule has 0 spiro atoms. The second-order valence-electron chi connectivity index (χ2n) is 4.35. The van der Waals surface area contributed by atoms with Crippen molar-refractivity contribution in [2.45, 2.75) is 26.9 Å². The third-order valence-corrected chi connectivity index (χ3v) is 2.33. The van der Waals surface area contributed by atoms with E-state index in [1.54, 1.807) is 13.8 Å². The molecule has 0 N–H and O–H groups in total. The van der Waals surface area contributed by atoms with E-state index in [-0.39, 0.29) is 12.5 Å². The molecule has 1 nitrogen and oxygen atoms in total. The highest BCUT2D eigenvalue weighted by Crippen LogP contribution is 2.29. The maximum absolute atomic E-state index is 13.4. The summed E-state index contributed by atoms with van der Waals surface area (Å²) in [5.41, 5.74) is -0.938. The van der Waals surface area contributed by atoms with Gasteiger partial charge in [0.2, 0.25) is 5.82 Å². The predicted molar refractivity (Wildman–Crippen MR) is 55.4 cm³/mol. The van der Waals surface area contributed by atoms with Gasteiger partial charge in [-0.25, -0.2) is 22.0 Å². The predicted octanol–water partition coefficient (Wildman–Crippen LogP) is 4.12. The minimum atomic E-state index is -2.16. The van der Waals surface area contributed by atoms with Gasteiger partial charge in [0.05, 0.1) is 11.7 Å². The van der Waals surface area contributed by atoms with Gasteiger partial charge >= 0.3 is 0 Å². The van der Waals surface area contributed by atoms with Crippen LogP contribution in [0.1, 0.15) is 32.4 Å². The number of ether oxygens (including phenoxy) is 1. The molecule has 0 heterocycles. The Bertz CT molecular complexity index is 416. The minimum absolute atomic E-state index is 0.0775. The van der Waals surface area contributed by atoms with Crippen molar-refractivity contribution in [1.29, 1.82) is 0 Å². The summed E-state index contributed by atoms with van der Waals surface area (Å²) in [7, 11) is 0. The normalized spacial score (nSPS) is 13.2. The molecule has 102 valence electrons. The summed E-state index contributed by atoms with van der Waals surface area (Å²) in [6.07, 6.45) is -1.21. The van der Waals surface area contributed by atoms with Crippen molar-refractivity contribution < 1.29 is 26.7 Å². The first-order valence-corrected chi connectivity index (χ1v) is 5.40. The average molecular weight is 268 g/mol. The fourth-order valence-electron chi connectivity index (χ4n) is 1.40. The van der Waals surface area contributed by atoms with Crippen LogP contribution in [-0.2, 0) is 4.74 Å². The lowest BCUT2D eigenvalue weighted by molar-refractivity contribution is 0.0412. The number of hydrogen-bond donors (Lipinski definition) is 0. The SMILES string of the molecule is CC(C)COC(C)c1c(F)c(F)c(F)c(F)c1F. The first kappa shape index (κ1) is 14.9. The van der Waals surface area contributed by atoms with Crippen LogP contribution in [0.5, 0.6) is 0 Å². The van der Waals surface area contributed by atoms with Crippen molar-refractivity contribution in [2.24, 2.45) is 5.92 Å². The van der Waals surface area contributed by atoms with E-state index >= 15 is 0 Å². The van der Waals surface area contributed by atoms with E-state index in [9.17, 15) is 22.0 Å². The third-order valence-electron chi connectivity index (χ3n) is 2.33. The van der Waals surface area contributed by atoms with Gasteiger partial charge in [-0.1, -0.05) is 13.8 Å². The van der Waals surface area contributed by atoms with Crippen molar-refractivity contribution in [1.82, 2.24) is 0 Å². The summed E-state index contributed by atoms with van der Waals surface area (Å²) in [4.78, 5) is 0. The number of benzene rings is 1. The summed E-state index contributed by atoms with van der Waals surface area (Å²) < 4.78 is 70.5. The molecular formula is C12H13F5O. The van der Waals surface area contributed by atoms with Crippen LogP contribution in [0.2, 0.25) is 0 Å². The van der Waals surface area contributed by atoms with Gasteiger partial charge in [0.15, 0.2) is 23.3 Å². The third kappa shape index (κ3) is 2.80. The molecule has 18 heavy (non-hydrogen) atoms. The largest absolute Gasteiger partial charge is 0.373 e. The molecule has 0 amide bonds. The summed E-state index contributed by atoms with van der Waals surface area (Å²) in [6.45, 7) is 4.98. The first-order valence-electron chi connectivity index (χ1n) is 5.40. The second kappa shape index (κ2) is 5.65. The monoisotopic (exact) mass is 268 g/mol. The molecule has 1 unspecified atom stereocenters. The van der Waals surface area contributed by atoms with Gasteiger partial charge in [0, 0.05) is 6.61 Å². The molecular weight excluding hydrogens is 255 g/mol. The lowest BCUT2D eigenvalue weighted by Gasteiger charge is -2.17. The van der Waals surface area contributed by atoms with E-state index in [1.807, 2.05) is 0 Å². The topological polar surface area (TPSA) is 9.23 Å². The maximum atomic E-state index is 13.4. The highest BCUT2D eigenvalue weighted by molar-refractivity contribution is 5.25. The molecule has 0 aliphatic heterocycles. The molecule has 0 bridgehead atoms. The molecule has 0 aliphatic carbocycles. The van der Waals surface area contributed by atoms with E-state index in [2.05, 4.69) is 0 Å². The molecule has 1 aromatic carbocycles. The highest BCUT2D eigenvalue weighted by Gasteiger charge is 2.28. The van der Waals surface area contributed by atoms with Crippen LogP contribution in [-0.4, -0.2) is 6.61 Å². The molecule has 1 atom stereocenters. The van der Waals surface area contributed by atoms with E-state index in [0.717, 1.165) is 0 Å². The number of hydrogen-bond acceptors (Lipinski definition) is 1. The van der Waals surface area contributed by atoms with Crippen LogP contribution >= 0.6 is 0 Å². The van der Waals surface area contributed by atoms with Crippen LogP contribution in [0, 0.1) is 35.0 Å². The van der Waals surface area contributed by atoms with Crippen molar-refractivity contribution in [3.63, 3.8) is 0 Å². The van der Waals surface area contributed by atoms with E-state index in [0.29, 0.717) is 0 Å². The molecule has 0 saturated carbocycles. The Morgan fingerprint density at radius 1 is 0.778 bits per heavy atom. The molecule has 1 rings (SSSR count). The zero-order chi connectivity index (χ0) is 14.0. The highest BCUT2D eigenvalue weighted by atomic mass is 19.2. The van der Waals surface area contributed by atoms with Gasteiger partial charge in [-0.3, -0.25) is 0 Å². The first-order chi connectivity index (χ1) is 8.27. The van der Waals surface area contributed by atoms with E-state index in [1.165, 1.54) is 6.92 Å². The Labute approximate surface area is 102 Å². The second-order valence-corrected chi connectivity index (χ2v) is 4.35. The summed E-state index contributed by atoms with van der Waals surface area (Å²) in [6, 6.07) is 0. The lowest BCUT2D eigenvalue weighted by atomic mass is 10.1. The Balaban J connectivity index is 3.16. The minimum Gasteiger partial charge on any atom is -0.373 e. The summed E-state index contributed by atoms with van der Waals surface area (Å²) in [5.74, 6) is -9.68. The van der Waals surface area contributed by atoms with Crippen LogP contribution < -0.4 is 0 Å². The maximum Gasteiger partial charge on any atom is 0.200 e. The van der Waals surface area contributed by atoms with Gasteiger partial charge in [0.1, 0.15) is 0 Å². The van der Waals surface area contributed by atoms with E-state index < -0.39 is 40.8 Å². The molecule has 0 radical (unpaired) electrons. The molecule has 0 fully saturated rings. The number of rotatable bonds is 4. The number of halogens is 5. The van der Waals surface area contributed by atoms with Crippen molar-refractivity contribution in [3.05, 3.63) is 34.6 Å². The van der Waals surface area contributed by atoms with Crippen molar-refractivity contribution >= 4 is 0 Å².